The van der Waals surface area contributed by atoms with Crippen LogP contribution in [0.5, 0.6) is 0 Å². The molecule has 0 spiro atoms. The zero-order valence-electron chi connectivity index (χ0n) is 5.33. The van der Waals surface area contributed by atoms with Crippen molar-refractivity contribution in [2.45, 2.75) is 0 Å². The molecule has 0 aromatic heterocycles. The first-order valence-electron chi connectivity index (χ1n) is 1.03. The molecule has 0 aliphatic carbocycles. The minimum Gasteiger partial charge on any atom is -1.00 e. The Morgan fingerprint density at radius 1 is 1.43 bits per heavy atom. The summed E-state index contributed by atoms with van der Waals surface area (Å²) in [5.41, 5.74) is 0. The van der Waals surface area contributed by atoms with Gasteiger partial charge < -0.3 is 17.2 Å². The molecule has 0 saturated carbocycles. The monoisotopic (exact) mass is 254 g/mol. The third-order valence-corrected chi connectivity index (χ3v) is 0.311. The van der Waals surface area contributed by atoms with Gasteiger partial charge in [-0.25, -0.2) is 0 Å². The molecule has 0 rings (SSSR count). The van der Waals surface area contributed by atoms with E-state index >= 15 is 0 Å². The molecule has 42 valence electrons. The van der Waals surface area contributed by atoms with Crippen molar-refractivity contribution in [1.82, 2.24) is 0 Å². The second-order valence-corrected chi connectivity index (χ2v) is 1.95. The van der Waals surface area contributed by atoms with Gasteiger partial charge in [0.2, 0.25) is 0 Å². The van der Waals surface area contributed by atoms with Gasteiger partial charge in [0.1, 0.15) is 0 Å². The van der Waals surface area contributed by atoms with Gasteiger partial charge >= 0.3 is 57.9 Å². The van der Waals surface area contributed by atoms with Crippen molar-refractivity contribution < 1.29 is 26.4 Å². The van der Waals surface area contributed by atoms with Crippen LogP contribution in [0.25, 0.3) is 0 Å². The predicted octanol–water partition coefficient (Wildman–Crippen LogP) is -1.86. The van der Waals surface area contributed by atoms with E-state index in [2.05, 4.69) is 4.63 Å². The van der Waals surface area contributed by atoms with Gasteiger partial charge in [-0.05, 0) is 0 Å². The van der Waals surface area contributed by atoms with Gasteiger partial charge in [0.25, 0.3) is 0 Å². The Kier molecular flexibility index (Phi) is 7.21. The molecule has 0 aliphatic rings. The van der Waals surface area contributed by atoms with E-state index in [1.807, 2.05) is 0 Å². The van der Waals surface area contributed by atoms with Crippen LogP contribution in [0, 0.1) is 0 Å². The first kappa shape index (κ1) is 11.4. The average Bonchev–Trinajstić information content (AvgIpc) is 1.35. The molecule has 0 saturated heterocycles. The third-order valence-electron chi connectivity index (χ3n) is 0.104. The summed E-state index contributed by atoms with van der Waals surface area (Å²) in [5, 5.41) is 0. The summed E-state index contributed by atoms with van der Waals surface area (Å²) in [6.07, 6.45) is 0. The molecular formula is H5BaFO4Si. The molecule has 0 aromatic carbocycles. The second-order valence-electron chi connectivity index (χ2n) is 0.651. The number of rotatable bonds is 1. The van der Waals surface area contributed by atoms with Gasteiger partial charge in [-0.1, -0.05) is 4.53 Å². The summed E-state index contributed by atoms with van der Waals surface area (Å²) in [4.78, 5) is 22.4. The topological polar surface area (TPSA) is 69.9 Å². The van der Waals surface area contributed by atoms with Crippen LogP contribution in [0.3, 0.4) is 0 Å². The summed E-state index contributed by atoms with van der Waals surface area (Å²) in [5.74, 6) is 0. The third kappa shape index (κ3) is 11.2. The first-order valence-corrected chi connectivity index (χ1v) is 2.78. The van der Waals surface area contributed by atoms with Crippen molar-refractivity contribution in [1.29, 1.82) is 0 Å². The summed E-state index contributed by atoms with van der Waals surface area (Å²) >= 11 is 0. The first-order chi connectivity index (χ1) is 2.56. The van der Waals surface area contributed by atoms with E-state index < -0.39 is 9.05 Å². The maximum atomic E-state index is 10.3. The summed E-state index contributed by atoms with van der Waals surface area (Å²) < 4.78 is 12.6. The fourth-order valence-electron chi connectivity index (χ4n) is 0. The van der Waals surface area contributed by atoms with Crippen LogP contribution >= 0.6 is 0 Å². The van der Waals surface area contributed by atoms with E-state index in [-0.39, 0.29) is 51.7 Å². The summed E-state index contributed by atoms with van der Waals surface area (Å²) in [6.45, 7) is 0. The molecule has 0 bridgehead atoms. The van der Waals surface area contributed by atoms with Gasteiger partial charge in [-0.15, -0.1) is 0 Å². The molecule has 7 heavy (non-hydrogen) atoms. The van der Waals surface area contributed by atoms with Crippen LogP contribution in [0.1, 0.15) is 2.85 Å². The zero-order chi connectivity index (χ0) is 5.21. The second kappa shape index (κ2) is 4.44. The summed E-state index contributed by atoms with van der Waals surface area (Å²) in [7, 11) is -4.80. The van der Waals surface area contributed by atoms with Crippen molar-refractivity contribution in [3.8, 4) is 0 Å². The van der Waals surface area contributed by atoms with Crippen LogP contribution in [-0.4, -0.2) is 72.3 Å². The van der Waals surface area contributed by atoms with Crippen molar-refractivity contribution in [2.75, 3.05) is 0 Å². The van der Waals surface area contributed by atoms with Gasteiger partial charge in [0.05, 0.1) is 0 Å². The van der Waals surface area contributed by atoms with Gasteiger partial charge in [0, 0.05) is 0 Å². The number of halogens is 1. The average molecular weight is 253 g/mol. The van der Waals surface area contributed by atoms with Crippen LogP contribution in [0.15, 0.2) is 0 Å². The standard InChI is InChI=1S/Ba.FH3O4Si.2H/c;1-5-6(2,3)4;;/h;2-4H;;/q+2;;2*-1. The molecule has 7 heteroatoms. The molecule has 0 heterocycles. The van der Waals surface area contributed by atoms with Crippen LogP contribution in [0.4, 0.5) is 4.53 Å². The Morgan fingerprint density at radius 3 is 1.57 bits per heavy atom. The molecule has 4 nitrogen and oxygen atoms in total. The number of hydrogen-bond donors (Lipinski definition) is 3. The van der Waals surface area contributed by atoms with E-state index in [0.29, 0.717) is 0 Å². The van der Waals surface area contributed by atoms with Gasteiger partial charge in [0.15, 0.2) is 0 Å². The Morgan fingerprint density at radius 2 is 1.57 bits per heavy atom. The van der Waals surface area contributed by atoms with Crippen molar-refractivity contribution in [3.63, 3.8) is 0 Å². The van der Waals surface area contributed by atoms with E-state index in [0.717, 1.165) is 0 Å². The normalized spacial score (nSPS) is 10.3. The molecular weight excluding hydrogens is 248 g/mol. The van der Waals surface area contributed by atoms with Crippen LogP contribution in [-0.2, 0) is 4.63 Å². The molecule has 3 N–H and O–H groups in total. The van der Waals surface area contributed by atoms with E-state index in [1.54, 1.807) is 0 Å². The molecule has 0 fully saturated rings. The quantitative estimate of drug-likeness (QED) is 0.480. The Hall–Kier alpha value is 1.56. The maximum Gasteiger partial charge on any atom is 2.00 e. The fourth-order valence-corrected chi connectivity index (χ4v) is 0. The molecule has 0 aromatic rings. The molecule has 0 unspecified atom stereocenters. The van der Waals surface area contributed by atoms with Gasteiger partial charge in [-0.3, -0.25) is 0 Å². The van der Waals surface area contributed by atoms with Gasteiger partial charge in [-0.2, -0.15) is 4.63 Å². The van der Waals surface area contributed by atoms with Crippen molar-refractivity contribution >= 4 is 57.9 Å². The minimum absolute atomic E-state index is 0. The fraction of sp³-hybridized carbons (Fsp3) is 0. The predicted molar refractivity (Wildman–Crippen MR) is 22.6 cm³/mol. The Balaban J connectivity index is -0.0000000417. The Labute approximate surface area is 83.4 Å². The molecule has 0 atom stereocenters. The van der Waals surface area contributed by atoms with Crippen molar-refractivity contribution in [2.24, 2.45) is 0 Å². The van der Waals surface area contributed by atoms with Crippen LogP contribution < -0.4 is 0 Å². The van der Waals surface area contributed by atoms with Crippen LogP contribution in [0.2, 0.25) is 0 Å². The SMILES string of the molecule is O[Si](O)(O)OF.[Ba+2].[H-].[H-]. The Bertz CT molecular complexity index is 48.3. The van der Waals surface area contributed by atoms with E-state index in [4.69, 9.17) is 14.4 Å². The smallest absolute Gasteiger partial charge is 1.00 e. The molecule has 0 aliphatic heterocycles. The molecule has 0 amide bonds. The largest absolute Gasteiger partial charge is 2.00 e. The molecule has 0 radical (unpaired) electrons. The maximum absolute atomic E-state index is 10.3. The number of hydrogen-bond acceptors (Lipinski definition) is 4. The van der Waals surface area contributed by atoms with E-state index in [9.17, 15) is 4.53 Å². The summed E-state index contributed by atoms with van der Waals surface area (Å²) in [6, 6.07) is 0. The minimum atomic E-state index is -4.80. The van der Waals surface area contributed by atoms with E-state index in [1.165, 1.54) is 0 Å². The van der Waals surface area contributed by atoms with Crippen molar-refractivity contribution in [3.05, 3.63) is 0 Å². The zero-order valence-corrected chi connectivity index (χ0v) is 8.78.